The van der Waals surface area contributed by atoms with Crippen LogP contribution in [0, 0.1) is 5.92 Å². The lowest BCUT2D eigenvalue weighted by molar-refractivity contribution is -0.135. The summed E-state index contributed by atoms with van der Waals surface area (Å²) in [5, 5.41) is 3.03. The maximum absolute atomic E-state index is 13.1. The van der Waals surface area contributed by atoms with Gasteiger partial charge >= 0.3 is 0 Å². The summed E-state index contributed by atoms with van der Waals surface area (Å²) < 4.78 is 1.12. The number of fused-ring (bicyclic) bond motifs is 2. The summed E-state index contributed by atoms with van der Waals surface area (Å²) >= 11 is 1.60. The molecule has 0 saturated carbocycles. The van der Waals surface area contributed by atoms with Gasteiger partial charge < -0.3 is 9.80 Å². The monoisotopic (exact) mass is 415 g/mol. The van der Waals surface area contributed by atoms with E-state index in [9.17, 15) is 9.59 Å². The summed E-state index contributed by atoms with van der Waals surface area (Å²) in [6, 6.07) is 21.9. The molecule has 1 saturated heterocycles. The second kappa shape index (κ2) is 7.54. The van der Waals surface area contributed by atoms with Crippen molar-refractivity contribution in [2.24, 2.45) is 5.92 Å². The van der Waals surface area contributed by atoms with Crippen molar-refractivity contribution in [3.05, 3.63) is 71.7 Å². The van der Waals surface area contributed by atoms with Gasteiger partial charge in [0.2, 0.25) is 11.8 Å². The fourth-order valence-corrected chi connectivity index (χ4v) is 5.15. The highest BCUT2D eigenvalue weighted by atomic mass is 32.1. The molecule has 6 heteroatoms. The van der Waals surface area contributed by atoms with Crippen LogP contribution in [0.15, 0.2) is 66.7 Å². The Morgan fingerprint density at radius 3 is 2.73 bits per heavy atom. The SMILES string of the molecule is CN(Cc1nc2ccccc2s1)C(=O)C1CC(=O)N(c2cccc3ccccc23)C1. The quantitative estimate of drug-likeness (QED) is 0.494. The zero-order valence-electron chi connectivity index (χ0n) is 16.6. The van der Waals surface area contributed by atoms with E-state index >= 15 is 0 Å². The Bertz CT molecular complexity index is 1230. The molecule has 2 amide bonds. The highest BCUT2D eigenvalue weighted by Gasteiger charge is 2.37. The first-order valence-electron chi connectivity index (χ1n) is 9.98. The van der Waals surface area contributed by atoms with Crippen LogP contribution in [0.1, 0.15) is 11.4 Å². The minimum absolute atomic E-state index is 0.00177. The Kier molecular flexibility index (Phi) is 4.71. The van der Waals surface area contributed by atoms with Crippen molar-refractivity contribution in [3.63, 3.8) is 0 Å². The van der Waals surface area contributed by atoms with E-state index in [0.29, 0.717) is 13.1 Å². The van der Waals surface area contributed by atoms with Crippen molar-refractivity contribution >= 4 is 49.8 Å². The van der Waals surface area contributed by atoms with Crippen LogP contribution in [0.2, 0.25) is 0 Å². The molecule has 1 aromatic heterocycles. The molecule has 0 radical (unpaired) electrons. The van der Waals surface area contributed by atoms with Crippen molar-refractivity contribution in [2.75, 3.05) is 18.5 Å². The molecule has 0 N–H and O–H groups in total. The topological polar surface area (TPSA) is 53.5 Å². The molecule has 0 spiro atoms. The van der Waals surface area contributed by atoms with Crippen LogP contribution in [0.5, 0.6) is 0 Å². The van der Waals surface area contributed by atoms with Gasteiger partial charge in [0.1, 0.15) is 5.01 Å². The van der Waals surface area contributed by atoms with Gasteiger partial charge in [-0.3, -0.25) is 9.59 Å². The highest BCUT2D eigenvalue weighted by Crippen LogP contribution is 2.32. The standard InChI is InChI=1S/C24H21N3O2S/c1-26(15-22-25-19-10-4-5-12-21(19)30-22)24(29)17-13-23(28)27(14-17)20-11-6-8-16-7-2-3-9-18(16)20/h2-12,17H,13-15H2,1H3. The summed E-state index contributed by atoms with van der Waals surface area (Å²) in [5.74, 6) is -0.348. The number of benzene rings is 3. The van der Waals surface area contributed by atoms with Crippen molar-refractivity contribution < 1.29 is 9.59 Å². The van der Waals surface area contributed by atoms with Gasteiger partial charge in [-0.15, -0.1) is 11.3 Å². The van der Waals surface area contributed by atoms with E-state index in [0.717, 1.165) is 31.7 Å². The zero-order chi connectivity index (χ0) is 20.7. The van der Waals surface area contributed by atoms with Crippen molar-refractivity contribution in [2.45, 2.75) is 13.0 Å². The average molecular weight is 416 g/mol. The number of thiazole rings is 1. The number of hydrogen-bond donors (Lipinski definition) is 0. The Balaban J connectivity index is 1.33. The Hall–Kier alpha value is -3.25. The van der Waals surface area contributed by atoms with Gasteiger partial charge in [0, 0.05) is 25.4 Å². The number of hydrogen-bond acceptors (Lipinski definition) is 4. The first-order chi connectivity index (χ1) is 14.6. The molecule has 1 atom stereocenters. The van der Waals surface area contributed by atoms with Crippen LogP contribution in [-0.2, 0) is 16.1 Å². The molecule has 1 fully saturated rings. The van der Waals surface area contributed by atoms with E-state index in [1.54, 1.807) is 28.2 Å². The number of amides is 2. The van der Waals surface area contributed by atoms with Crippen molar-refractivity contribution in [1.29, 1.82) is 0 Å². The predicted octanol–water partition coefficient (Wildman–Crippen LogP) is 4.46. The van der Waals surface area contributed by atoms with Crippen LogP contribution in [0.4, 0.5) is 5.69 Å². The van der Waals surface area contributed by atoms with Gasteiger partial charge in [-0.25, -0.2) is 4.98 Å². The Labute approximate surface area is 178 Å². The van der Waals surface area contributed by atoms with Crippen molar-refractivity contribution in [3.8, 4) is 0 Å². The summed E-state index contributed by atoms with van der Waals surface area (Å²) in [6.07, 6.45) is 0.242. The summed E-state index contributed by atoms with van der Waals surface area (Å²) in [6.45, 7) is 0.868. The number of carbonyl (C=O) groups excluding carboxylic acids is 2. The molecule has 5 rings (SSSR count). The number of rotatable bonds is 4. The molecule has 2 heterocycles. The second-order valence-electron chi connectivity index (χ2n) is 7.67. The maximum atomic E-state index is 13.1. The van der Waals surface area contributed by atoms with Crippen LogP contribution in [-0.4, -0.2) is 35.3 Å². The lowest BCUT2D eigenvalue weighted by atomic mass is 10.1. The fraction of sp³-hybridized carbons (Fsp3) is 0.208. The van der Waals surface area contributed by atoms with E-state index in [1.807, 2.05) is 66.7 Å². The van der Waals surface area contributed by atoms with E-state index in [-0.39, 0.29) is 24.2 Å². The zero-order valence-corrected chi connectivity index (χ0v) is 17.4. The first kappa shape index (κ1) is 18.8. The molecule has 30 heavy (non-hydrogen) atoms. The van der Waals surface area contributed by atoms with Crippen LogP contribution >= 0.6 is 11.3 Å². The fourth-order valence-electron chi connectivity index (χ4n) is 4.13. The normalized spacial score (nSPS) is 16.5. The van der Waals surface area contributed by atoms with Crippen LogP contribution in [0.3, 0.4) is 0 Å². The van der Waals surface area contributed by atoms with Gasteiger partial charge in [0.15, 0.2) is 0 Å². The van der Waals surface area contributed by atoms with E-state index < -0.39 is 0 Å². The van der Waals surface area contributed by atoms with E-state index in [1.165, 1.54) is 0 Å². The van der Waals surface area contributed by atoms with Crippen molar-refractivity contribution in [1.82, 2.24) is 9.88 Å². The summed E-state index contributed by atoms with van der Waals surface area (Å²) in [4.78, 5) is 33.9. The second-order valence-corrected chi connectivity index (χ2v) is 8.79. The van der Waals surface area contributed by atoms with Gasteiger partial charge in [-0.2, -0.15) is 0 Å². The molecule has 0 aliphatic carbocycles. The van der Waals surface area contributed by atoms with Crippen LogP contribution < -0.4 is 4.90 Å². The highest BCUT2D eigenvalue weighted by molar-refractivity contribution is 7.18. The molecule has 1 aliphatic heterocycles. The lowest BCUT2D eigenvalue weighted by Gasteiger charge is -2.21. The van der Waals surface area contributed by atoms with Gasteiger partial charge in [-0.05, 0) is 23.6 Å². The first-order valence-corrected chi connectivity index (χ1v) is 10.8. The molecule has 0 bridgehead atoms. The molecule has 150 valence electrons. The Morgan fingerprint density at radius 2 is 1.87 bits per heavy atom. The molecule has 5 nitrogen and oxygen atoms in total. The molecule has 3 aromatic carbocycles. The average Bonchev–Trinajstić information content (AvgIpc) is 3.35. The summed E-state index contributed by atoms with van der Waals surface area (Å²) in [5.41, 5.74) is 1.83. The number of anilines is 1. The minimum Gasteiger partial charge on any atom is -0.339 e. The number of para-hydroxylation sites is 1. The third-order valence-corrected chi connectivity index (χ3v) is 6.64. The number of nitrogens with zero attached hydrogens (tertiary/aromatic N) is 3. The number of carbonyl (C=O) groups is 2. The molecule has 4 aromatic rings. The lowest BCUT2D eigenvalue weighted by Crippen LogP contribution is -2.34. The Morgan fingerprint density at radius 1 is 1.10 bits per heavy atom. The van der Waals surface area contributed by atoms with Gasteiger partial charge in [0.25, 0.3) is 0 Å². The summed E-state index contributed by atoms with van der Waals surface area (Å²) in [7, 11) is 1.79. The predicted molar refractivity (Wildman–Crippen MR) is 121 cm³/mol. The smallest absolute Gasteiger partial charge is 0.228 e. The molecule has 1 aliphatic rings. The van der Waals surface area contributed by atoms with E-state index in [2.05, 4.69) is 4.98 Å². The van der Waals surface area contributed by atoms with Gasteiger partial charge in [0.05, 0.1) is 28.4 Å². The minimum atomic E-state index is -0.337. The third kappa shape index (κ3) is 3.33. The van der Waals surface area contributed by atoms with E-state index in [4.69, 9.17) is 0 Å². The van der Waals surface area contributed by atoms with Gasteiger partial charge in [-0.1, -0.05) is 48.5 Å². The van der Waals surface area contributed by atoms with Crippen LogP contribution in [0.25, 0.3) is 21.0 Å². The third-order valence-electron chi connectivity index (χ3n) is 5.62. The molecular formula is C24H21N3O2S. The maximum Gasteiger partial charge on any atom is 0.228 e. The number of aromatic nitrogens is 1. The largest absolute Gasteiger partial charge is 0.339 e. The molecule has 1 unspecified atom stereocenters. The molecular weight excluding hydrogens is 394 g/mol.